The average molecular weight is 297 g/mol. The normalized spacial score (nSPS) is 21.5. The lowest BCUT2D eigenvalue weighted by Crippen LogP contribution is -2.30. The van der Waals surface area contributed by atoms with Crippen LogP contribution < -0.4 is 5.32 Å². The quantitative estimate of drug-likeness (QED) is 0.935. The van der Waals surface area contributed by atoms with E-state index < -0.39 is 0 Å². The number of nitrogens with one attached hydrogen (secondary N) is 1. The van der Waals surface area contributed by atoms with E-state index in [1.54, 1.807) is 0 Å². The van der Waals surface area contributed by atoms with Crippen LogP contribution in [0.4, 0.5) is 5.82 Å². The summed E-state index contributed by atoms with van der Waals surface area (Å²) in [6.07, 6.45) is 3.07. The van der Waals surface area contributed by atoms with E-state index in [-0.39, 0.29) is 6.10 Å². The lowest BCUT2D eigenvalue weighted by atomic mass is 9.97. The van der Waals surface area contributed by atoms with E-state index in [0.29, 0.717) is 6.04 Å². The second-order valence-electron chi connectivity index (χ2n) is 5.78. The van der Waals surface area contributed by atoms with Crippen molar-refractivity contribution >= 4 is 5.82 Å². The van der Waals surface area contributed by atoms with Crippen molar-refractivity contribution in [3.05, 3.63) is 53.5 Å². The monoisotopic (exact) mass is 297 g/mol. The van der Waals surface area contributed by atoms with Gasteiger partial charge in [-0.2, -0.15) is 0 Å². The summed E-state index contributed by atoms with van der Waals surface area (Å²) in [6, 6.07) is 12.9. The summed E-state index contributed by atoms with van der Waals surface area (Å²) >= 11 is 0. The summed E-state index contributed by atoms with van der Waals surface area (Å²) < 4.78 is 5.93. The minimum absolute atomic E-state index is 0.168. The van der Waals surface area contributed by atoms with Gasteiger partial charge in [-0.15, -0.1) is 0 Å². The number of nitrogens with zero attached hydrogens (tertiary/aromatic N) is 2. The Balaban J connectivity index is 1.69. The summed E-state index contributed by atoms with van der Waals surface area (Å²) in [7, 11) is 0. The first-order chi connectivity index (χ1) is 10.7. The van der Waals surface area contributed by atoms with Crippen LogP contribution in [0.1, 0.15) is 43.0 Å². The maximum absolute atomic E-state index is 5.93. The van der Waals surface area contributed by atoms with Crippen molar-refractivity contribution in [2.45, 2.75) is 45.3 Å². The topological polar surface area (TPSA) is 47.0 Å². The fraction of sp³-hybridized carbons (Fsp3) is 0.444. The third-order valence-electron chi connectivity index (χ3n) is 4.06. The van der Waals surface area contributed by atoms with E-state index in [0.717, 1.165) is 43.2 Å². The van der Waals surface area contributed by atoms with Gasteiger partial charge in [-0.3, -0.25) is 0 Å². The highest BCUT2D eigenvalue weighted by molar-refractivity contribution is 5.37. The summed E-state index contributed by atoms with van der Waals surface area (Å²) in [4.78, 5) is 8.94. The Kier molecular flexibility index (Phi) is 4.68. The maximum atomic E-state index is 5.93. The van der Waals surface area contributed by atoms with Gasteiger partial charge in [0.05, 0.1) is 6.10 Å². The van der Waals surface area contributed by atoms with Gasteiger partial charge in [-0.1, -0.05) is 37.3 Å². The van der Waals surface area contributed by atoms with Gasteiger partial charge in [0.25, 0.3) is 0 Å². The number of ether oxygens (including phenoxy) is 1. The Morgan fingerprint density at radius 1 is 1.23 bits per heavy atom. The third kappa shape index (κ3) is 3.63. The second-order valence-corrected chi connectivity index (χ2v) is 5.78. The van der Waals surface area contributed by atoms with Crippen LogP contribution in [0.2, 0.25) is 0 Å². The molecule has 1 aromatic heterocycles. The fourth-order valence-corrected chi connectivity index (χ4v) is 2.92. The van der Waals surface area contributed by atoms with Gasteiger partial charge in [0, 0.05) is 24.4 Å². The molecule has 3 rings (SSSR count). The zero-order chi connectivity index (χ0) is 15.4. The van der Waals surface area contributed by atoms with Crippen LogP contribution in [0.5, 0.6) is 0 Å². The molecular formula is C18H23N3O. The van der Waals surface area contributed by atoms with Crippen molar-refractivity contribution in [2.75, 3.05) is 11.9 Å². The molecule has 2 atom stereocenters. The maximum Gasteiger partial charge on any atom is 0.130 e. The van der Waals surface area contributed by atoms with Crippen molar-refractivity contribution < 1.29 is 4.74 Å². The predicted octanol–water partition coefficient (Wildman–Crippen LogP) is 3.68. The van der Waals surface area contributed by atoms with Gasteiger partial charge >= 0.3 is 0 Å². The van der Waals surface area contributed by atoms with E-state index in [2.05, 4.69) is 52.5 Å². The lowest BCUT2D eigenvalue weighted by Gasteiger charge is -2.30. The average Bonchev–Trinajstić information content (AvgIpc) is 2.55. The fourth-order valence-electron chi connectivity index (χ4n) is 2.92. The first kappa shape index (κ1) is 15.0. The number of hydrogen-bond donors (Lipinski definition) is 1. The molecule has 2 aromatic rings. The number of aryl methyl sites for hydroxylation is 2. The van der Waals surface area contributed by atoms with E-state index in [1.165, 1.54) is 5.56 Å². The minimum Gasteiger partial charge on any atom is -0.373 e. The van der Waals surface area contributed by atoms with Crippen LogP contribution in [0, 0.1) is 6.92 Å². The summed E-state index contributed by atoms with van der Waals surface area (Å²) in [5, 5.41) is 3.57. The van der Waals surface area contributed by atoms with E-state index in [9.17, 15) is 0 Å². The van der Waals surface area contributed by atoms with Gasteiger partial charge in [0.1, 0.15) is 11.6 Å². The molecule has 0 saturated carbocycles. The molecule has 116 valence electrons. The molecule has 0 radical (unpaired) electrons. The highest BCUT2D eigenvalue weighted by Crippen LogP contribution is 2.29. The smallest absolute Gasteiger partial charge is 0.130 e. The second kappa shape index (κ2) is 6.88. The van der Waals surface area contributed by atoms with Crippen LogP contribution >= 0.6 is 0 Å². The molecule has 2 heterocycles. The van der Waals surface area contributed by atoms with E-state index in [4.69, 9.17) is 4.74 Å². The minimum atomic E-state index is 0.168. The van der Waals surface area contributed by atoms with Crippen LogP contribution in [0.25, 0.3) is 0 Å². The van der Waals surface area contributed by atoms with Gasteiger partial charge in [0.2, 0.25) is 0 Å². The van der Waals surface area contributed by atoms with Gasteiger partial charge in [-0.25, -0.2) is 9.97 Å². The molecule has 4 nitrogen and oxygen atoms in total. The Morgan fingerprint density at radius 2 is 2.05 bits per heavy atom. The standard InChI is InChI=1S/C18H23N3O/c1-3-15-12-18(20-13(2)19-15)21-16-9-10-22-17(11-16)14-7-5-4-6-8-14/h4-8,12,16-17H,3,9-11H2,1-2H3,(H,19,20,21). The molecule has 1 fully saturated rings. The largest absolute Gasteiger partial charge is 0.373 e. The van der Waals surface area contributed by atoms with Gasteiger partial charge in [0.15, 0.2) is 0 Å². The number of rotatable bonds is 4. The summed E-state index contributed by atoms with van der Waals surface area (Å²) in [5.74, 6) is 1.76. The van der Waals surface area contributed by atoms with Gasteiger partial charge < -0.3 is 10.1 Å². The Hall–Kier alpha value is -1.94. The molecule has 1 aliphatic rings. The first-order valence-electron chi connectivity index (χ1n) is 8.02. The highest BCUT2D eigenvalue weighted by Gasteiger charge is 2.24. The number of hydrogen-bond acceptors (Lipinski definition) is 4. The Morgan fingerprint density at radius 3 is 2.82 bits per heavy atom. The zero-order valence-corrected chi connectivity index (χ0v) is 13.2. The van der Waals surface area contributed by atoms with E-state index in [1.807, 2.05) is 13.0 Å². The molecule has 0 amide bonds. The Labute approximate surface area is 132 Å². The number of aromatic nitrogens is 2. The molecule has 1 N–H and O–H groups in total. The lowest BCUT2D eigenvalue weighted by molar-refractivity contribution is 0.00974. The molecule has 1 saturated heterocycles. The Bertz CT molecular complexity index is 615. The summed E-state index contributed by atoms with van der Waals surface area (Å²) in [5.41, 5.74) is 2.34. The van der Waals surface area contributed by atoms with Gasteiger partial charge in [-0.05, 0) is 31.7 Å². The van der Waals surface area contributed by atoms with Crippen LogP contribution in [-0.2, 0) is 11.2 Å². The van der Waals surface area contributed by atoms with Crippen molar-refractivity contribution in [3.8, 4) is 0 Å². The molecule has 0 aliphatic carbocycles. The number of benzene rings is 1. The molecule has 1 aliphatic heterocycles. The van der Waals surface area contributed by atoms with Crippen molar-refractivity contribution in [1.29, 1.82) is 0 Å². The van der Waals surface area contributed by atoms with Crippen LogP contribution in [0.15, 0.2) is 36.4 Å². The van der Waals surface area contributed by atoms with Crippen molar-refractivity contribution in [3.63, 3.8) is 0 Å². The molecular weight excluding hydrogens is 274 g/mol. The number of anilines is 1. The SMILES string of the molecule is CCc1cc(NC2CCOC(c3ccccc3)C2)nc(C)n1. The molecule has 22 heavy (non-hydrogen) atoms. The molecule has 0 bridgehead atoms. The highest BCUT2D eigenvalue weighted by atomic mass is 16.5. The molecule has 1 aromatic carbocycles. The van der Waals surface area contributed by atoms with Crippen LogP contribution in [0.3, 0.4) is 0 Å². The zero-order valence-electron chi connectivity index (χ0n) is 13.2. The van der Waals surface area contributed by atoms with E-state index >= 15 is 0 Å². The van der Waals surface area contributed by atoms with Crippen molar-refractivity contribution in [1.82, 2.24) is 9.97 Å². The first-order valence-corrected chi connectivity index (χ1v) is 8.02. The predicted molar refractivity (Wildman–Crippen MR) is 87.9 cm³/mol. The molecule has 4 heteroatoms. The molecule has 0 spiro atoms. The summed E-state index contributed by atoms with van der Waals surface area (Å²) in [6.45, 7) is 4.84. The molecule has 2 unspecified atom stereocenters. The van der Waals surface area contributed by atoms with Crippen molar-refractivity contribution in [2.24, 2.45) is 0 Å². The third-order valence-corrected chi connectivity index (χ3v) is 4.06. The van der Waals surface area contributed by atoms with Crippen LogP contribution in [-0.4, -0.2) is 22.6 Å².